The Morgan fingerprint density at radius 1 is 1.46 bits per heavy atom. The molecule has 0 saturated carbocycles. The van der Waals surface area contributed by atoms with Crippen molar-refractivity contribution in [1.29, 1.82) is 0 Å². The molecule has 0 aliphatic carbocycles. The van der Waals surface area contributed by atoms with Gasteiger partial charge in [0.05, 0.1) is 10.6 Å². The Labute approximate surface area is 83.1 Å². The predicted molar refractivity (Wildman–Crippen MR) is 53.0 cm³/mol. The molecule has 0 bridgehead atoms. The molecule has 0 spiro atoms. The molecular formula is C8H8ClNO2S. The van der Waals surface area contributed by atoms with Crippen LogP contribution in [0, 0.1) is 0 Å². The molecule has 1 aromatic rings. The van der Waals surface area contributed by atoms with Crippen molar-refractivity contribution in [2.45, 2.75) is 11.8 Å². The Hall–Kier alpha value is -0.870. The maximum absolute atomic E-state index is 11.0. The van der Waals surface area contributed by atoms with Gasteiger partial charge in [-0.25, -0.2) is 4.21 Å². The van der Waals surface area contributed by atoms with Crippen molar-refractivity contribution in [3.8, 4) is 0 Å². The van der Waals surface area contributed by atoms with Crippen molar-refractivity contribution in [3.05, 3.63) is 24.3 Å². The van der Waals surface area contributed by atoms with Crippen LogP contribution in [0.2, 0.25) is 0 Å². The van der Waals surface area contributed by atoms with Crippen molar-refractivity contribution in [2.75, 3.05) is 5.32 Å². The minimum atomic E-state index is -1.60. The maximum atomic E-state index is 11.0. The summed E-state index contributed by atoms with van der Waals surface area (Å²) < 4.78 is 11.0. The zero-order valence-electron chi connectivity index (χ0n) is 6.91. The van der Waals surface area contributed by atoms with Crippen molar-refractivity contribution in [1.82, 2.24) is 0 Å². The van der Waals surface area contributed by atoms with Gasteiger partial charge in [0.15, 0.2) is 0 Å². The van der Waals surface area contributed by atoms with Gasteiger partial charge < -0.3 is 5.32 Å². The molecule has 0 radical (unpaired) electrons. The van der Waals surface area contributed by atoms with Gasteiger partial charge in [0.25, 0.3) is 0 Å². The standard InChI is InChI=1S/C8H8ClNO2S/c1-6(11)10-7-4-2-3-5-8(7)13(9)12/h2-5H,1H3,(H,10,11). The summed E-state index contributed by atoms with van der Waals surface area (Å²) in [6.07, 6.45) is 0. The first-order chi connectivity index (χ1) is 6.11. The van der Waals surface area contributed by atoms with Crippen LogP contribution in [0.15, 0.2) is 29.2 Å². The van der Waals surface area contributed by atoms with Gasteiger partial charge in [-0.1, -0.05) is 12.1 Å². The molecular weight excluding hydrogens is 210 g/mol. The Morgan fingerprint density at radius 2 is 2.08 bits per heavy atom. The average molecular weight is 218 g/mol. The number of hydrogen-bond acceptors (Lipinski definition) is 2. The van der Waals surface area contributed by atoms with Crippen molar-refractivity contribution in [2.24, 2.45) is 0 Å². The molecule has 3 nitrogen and oxygen atoms in total. The smallest absolute Gasteiger partial charge is 0.221 e. The highest BCUT2D eigenvalue weighted by Gasteiger charge is 2.06. The van der Waals surface area contributed by atoms with Crippen LogP contribution in [0.4, 0.5) is 5.69 Å². The summed E-state index contributed by atoms with van der Waals surface area (Å²) >= 11 is 0. The van der Waals surface area contributed by atoms with Crippen LogP contribution in [-0.2, 0) is 14.8 Å². The third-order valence-electron chi connectivity index (χ3n) is 1.37. The molecule has 0 heterocycles. The molecule has 0 fully saturated rings. The lowest BCUT2D eigenvalue weighted by molar-refractivity contribution is -0.114. The molecule has 0 aliphatic rings. The lowest BCUT2D eigenvalue weighted by Crippen LogP contribution is -2.07. The first-order valence-electron chi connectivity index (χ1n) is 3.56. The van der Waals surface area contributed by atoms with Crippen LogP contribution in [0.3, 0.4) is 0 Å². The van der Waals surface area contributed by atoms with Gasteiger partial charge in [0.2, 0.25) is 5.91 Å². The first kappa shape index (κ1) is 10.2. The molecule has 1 N–H and O–H groups in total. The number of anilines is 1. The second-order valence-electron chi connectivity index (χ2n) is 2.40. The largest absolute Gasteiger partial charge is 0.325 e. The number of halogens is 1. The van der Waals surface area contributed by atoms with Gasteiger partial charge in [-0.2, -0.15) is 0 Å². The molecule has 1 rings (SSSR count). The average Bonchev–Trinajstić information content (AvgIpc) is 2.03. The van der Waals surface area contributed by atoms with Crippen LogP contribution in [0.25, 0.3) is 0 Å². The number of rotatable bonds is 2. The van der Waals surface area contributed by atoms with E-state index in [1.165, 1.54) is 6.92 Å². The summed E-state index contributed by atoms with van der Waals surface area (Å²) in [6.45, 7) is 1.38. The Kier molecular flexibility index (Phi) is 3.45. The number of carbonyl (C=O) groups is 1. The Bertz CT molecular complexity index is 354. The van der Waals surface area contributed by atoms with Crippen molar-refractivity contribution < 1.29 is 9.00 Å². The third kappa shape index (κ3) is 2.82. The van der Waals surface area contributed by atoms with E-state index in [9.17, 15) is 9.00 Å². The highest BCUT2D eigenvalue weighted by atomic mass is 35.7. The number of benzene rings is 1. The van der Waals surface area contributed by atoms with E-state index in [1.54, 1.807) is 24.3 Å². The van der Waals surface area contributed by atoms with E-state index in [0.717, 1.165) is 0 Å². The van der Waals surface area contributed by atoms with Gasteiger partial charge in [0.1, 0.15) is 10.0 Å². The minimum Gasteiger partial charge on any atom is -0.325 e. The van der Waals surface area contributed by atoms with E-state index >= 15 is 0 Å². The summed E-state index contributed by atoms with van der Waals surface area (Å²) in [4.78, 5) is 11.2. The highest BCUT2D eigenvalue weighted by molar-refractivity contribution is 8.08. The van der Waals surface area contributed by atoms with E-state index in [-0.39, 0.29) is 5.91 Å². The number of hydrogen-bond donors (Lipinski definition) is 1. The monoisotopic (exact) mass is 217 g/mol. The highest BCUT2D eigenvalue weighted by Crippen LogP contribution is 2.20. The number of carbonyl (C=O) groups excluding carboxylic acids is 1. The quantitative estimate of drug-likeness (QED) is 0.770. The zero-order valence-corrected chi connectivity index (χ0v) is 8.48. The van der Waals surface area contributed by atoms with Gasteiger partial charge >= 0.3 is 0 Å². The fraction of sp³-hybridized carbons (Fsp3) is 0.125. The van der Waals surface area contributed by atoms with E-state index in [4.69, 9.17) is 10.7 Å². The molecule has 5 heteroatoms. The molecule has 13 heavy (non-hydrogen) atoms. The summed E-state index contributed by atoms with van der Waals surface area (Å²) in [5, 5.41) is 2.54. The second kappa shape index (κ2) is 4.39. The molecule has 0 saturated heterocycles. The van der Waals surface area contributed by atoms with Gasteiger partial charge in [-0.15, -0.1) is 0 Å². The van der Waals surface area contributed by atoms with Crippen LogP contribution in [0.5, 0.6) is 0 Å². The third-order valence-corrected chi connectivity index (χ3v) is 2.57. The van der Waals surface area contributed by atoms with Crippen LogP contribution in [0.1, 0.15) is 6.92 Å². The molecule has 1 aromatic carbocycles. The molecule has 70 valence electrons. The van der Waals surface area contributed by atoms with Crippen LogP contribution >= 0.6 is 10.7 Å². The fourth-order valence-corrected chi connectivity index (χ4v) is 1.78. The van der Waals surface area contributed by atoms with Crippen LogP contribution in [-0.4, -0.2) is 10.1 Å². The predicted octanol–water partition coefficient (Wildman–Crippen LogP) is 1.91. The van der Waals surface area contributed by atoms with E-state index in [2.05, 4.69) is 5.32 Å². The van der Waals surface area contributed by atoms with Gasteiger partial charge in [0, 0.05) is 6.92 Å². The number of para-hydroxylation sites is 1. The number of nitrogens with one attached hydrogen (secondary N) is 1. The molecule has 0 aliphatic heterocycles. The molecule has 1 atom stereocenters. The molecule has 0 aromatic heterocycles. The SMILES string of the molecule is CC(=O)Nc1ccccc1S(=O)Cl. The molecule has 1 unspecified atom stereocenters. The number of amides is 1. The Balaban J connectivity index is 3.04. The fourth-order valence-electron chi connectivity index (χ4n) is 0.900. The van der Waals surface area contributed by atoms with Crippen LogP contribution < -0.4 is 5.32 Å². The first-order valence-corrected chi connectivity index (χ1v) is 5.53. The minimum absolute atomic E-state index is 0.213. The summed E-state index contributed by atoms with van der Waals surface area (Å²) in [6, 6.07) is 6.70. The second-order valence-corrected chi connectivity index (χ2v) is 4.13. The van der Waals surface area contributed by atoms with Crippen molar-refractivity contribution >= 4 is 32.3 Å². The van der Waals surface area contributed by atoms with E-state index in [0.29, 0.717) is 10.6 Å². The molecule has 1 amide bonds. The normalized spacial score (nSPS) is 12.2. The van der Waals surface area contributed by atoms with Gasteiger partial charge in [-0.3, -0.25) is 4.79 Å². The topological polar surface area (TPSA) is 46.2 Å². The maximum Gasteiger partial charge on any atom is 0.221 e. The summed E-state index contributed by atoms with van der Waals surface area (Å²) in [7, 11) is 3.81. The van der Waals surface area contributed by atoms with E-state index < -0.39 is 10.0 Å². The zero-order chi connectivity index (χ0) is 9.84. The van der Waals surface area contributed by atoms with Crippen molar-refractivity contribution in [3.63, 3.8) is 0 Å². The van der Waals surface area contributed by atoms with Gasteiger partial charge in [-0.05, 0) is 22.8 Å². The Morgan fingerprint density at radius 3 is 2.62 bits per heavy atom. The summed E-state index contributed by atoms with van der Waals surface area (Å²) in [5.74, 6) is -0.213. The lowest BCUT2D eigenvalue weighted by Gasteiger charge is -2.05. The van der Waals surface area contributed by atoms with E-state index in [1.807, 2.05) is 0 Å². The summed E-state index contributed by atoms with van der Waals surface area (Å²) in [5.41, 5.74) is 0.489. The lowest BCUT2D eigenvalue weighted by atomic mass is 10.3.